The number of carbonyl (C=O) groups excluding carboxylic acids is 1. The number of fused-ring (bicyclic) bond motifs is 3. The van der Waals surface area contributed by atoms with E-state index in [1.807, 2.05) is 36.4 Å². The molecule has 2 aromatic carbocycles. The van der Waals surface area contributed by atoms with Gasteiger partial charge in [-0.1, -0.05) is 41.9 Å². The van der Waals surface area contributed by atoms with Gasteiger partial charge in [0.25, 0.3) is 0 Å². The molecular weight excluding hydrogens is 359 g/mol. The van der Waals surface area contributed by atoms with Gasteiger partial charge in [0.15, 0.2) is 0 Å². The summed E-state index contributed by atoms with van der Waals surface area (Å²) in [5, 5.41) is 5.25. The predicted octanol–water partition coefficient (Wildman–Crippen LogP) is 4.02. The Kier molecular flexibility index (Phi) is 5.04. The second-order valence-electron chi connectivity index (χ2n) is 5.99. The van der Waals surface area contributed by atoms with Crippen LogP contribution in [0.1, 0.15) is 22.9 Å². The van der Waals surface area contributed by atoms with Crippen molar-refractivity contribution in [1.29, 1.82) is 0 Å². The van der Waals surface area contributed by atoms with Gasteiger partial charge in [-0.25, -0.2) is 0 Å². The van der Waals surface area contributed by atoms with E-state index in [1.165, 1.54) is 12.7 Å². The molecule has 2 unspecified atom stereocenters. The van der Waals surface area contributed by atoms with Gasteiger partial charge in [-0.15, -0.1) is 12.4 Å². The topological polar surface area (TPSA) is 54.1 Å². The summed E-state index contributed by atoms with van der Waals surface area (Å²) in [6.07, 6.45) is 0.607. The molecule has 2 atom stereocenters. The fraction of sp³-hybridized carbons (Fsp3) is 0.211. The smallest absolute Gasteiger partial charge is 0.323 e. The number of H-pyrrole nitrogens is 1. The number of hydrogen-bond donors (Lipinski definition) is 2. The standard InChI is InChI=1S/C19H17ClN2O2.ClH/c1-24-19(23)16-10-14-13-4-2-3-5-15(13)21-18(14)17(22-16)11-6-8-12(20)9-7-11;/h2-9,16-17,21-22H,10H2,1H3;1H. The van der Waals surface area contributed by atoms with Crippen LogP contribution in [-0.2, 0) is 16.0 Å². The van der Waals surface area contributed by atoms with Crippen LogP contribution in [0.15, 0.2) is 48.5 Å². The Balaban J connectivity index is 0.00000182. The van der Waals surface area contributed by atoms with Crippen molar-refractivity contribution in [3.8, 4) is 0 Å². The van der Waals surface area contributed by atoms with Gasteiger partial charge in [0.2, 0.25) is 0 Å². The first kappa shape index (κ1) is 17.8. The van der Waals surface area contributed by atoms with Crippen LogP contribution in [0.5, 0.6) is 0 Å². The lowest BCUT2D eigenvalue weighted by Gasteiger charge is -2.30. The second-order valence-corrected chi connectivity index (χ2v) is 6.43. The van der Waals surface area contributed by atoms with Crippen molar-refractivity contribution in [3.05, 3.63) is 70.4 Å². The van der Waals surface area contributed by atoms with Gasteiger partial charge in [0.05, 0.1) is 13.2 Å². The van der Waals surface area contributed by atoms with E-state index in [9.17, 15) is 4.79 Å². The summed E-state index contributed by atoms with van der Waals surface area (Å²) in [6, 6.07) is 15.4. The van der Waals surface area contributed by atoms with Crippen molar-refractivity contribution in [2.75, 3.05) is 7.11 Å². The van der Waals surface area contributed by atoms with Crippen molar-refractivity contribution in [2.45, 2.75) is 18.5 Å². The van der Waals surface area contributed by atoms with Gasteiger partial charge >= 0.3 is 5.97 Å². The maximum absolute atomic E-state index is 12.1. The highest BCUT2D eigenvalue weighted by Gasteiger charge is 2.34. The molecule has 1 aliphatic heterocycles. The lowest BCUT2D eigenvalue weighted by Crippen LogP contribution is -2.45. The van der Waals surface area contributed by atoms with Crippen LogP contribution in [-0.4, -0.2) is 24.1 Å². The van der Waals surface area contributed by atoms with E-state index in [4.69, 9.17) is 16.3 Å². The zero-order valence-electron chi connectivity index (χ0n) is 13.6. The molecule has 4 rings (SSSR count). The Morgan fingerprint density at radius 3 is 2.60 bits per heavy atom. The Hall–Kier alpha value is -2.01. The molecule has 0 saturated heterocycles. The zero-order chi connectivity index (χ0) is 16.7. The van der Waals surface area contributed by atoms with Crippen LogP contribution in [0.25, 0.3) is 10.9 Å². The van der Waals surface area contributed by atoms with Crippen molar-refractivity contribution in [3.63, 3.8) is 0 Å². The Labute approximate surface area is 156 Å². The average molecular weight is 377 g/mol. The Bertz CT molecular complexity index is 905. The van der Waals surface area contributed by atoms with Crippen LogP contribution in [0.4, 0.5) is 0 Å². The van der Waals surface area contributed by atoms with E-state index in [-0.39, 0.29) is 30.5 Å². The summed E-state index contributed by atoms with van der Waals surface area (Å²) in [4.78, 5) is 15.7. The fourth-order valence-electron chi connectivity index (χ4n) is 3.45. The van der Waals surface area contributed by atoms with Gasteiger partial charge in [-0.3, -0.25) is 10.1 Å². The number of aromatic amines is 1. The minimum atomic E-state index is -0.373. The van der Waals surface area contributed by atoms with Crippen LogP contribution in [0.3, 0.4) is 0 Å². The summed E-state index contributed by atoms with van der Waals surface area (Å²) in [5.74, 6) is -0.245. The highest BCUT2D eigenvalue weighted by molar-refractivity contribution is 6.30. The third-order valence-electron chi connectivity index (χ3n) is 4.60. The van der Waals surface area contributed by atoms with Crippen LogP contribution in [0, 0.1) is 0 Å². The van der Waals surface area contributed by atoms with Crippen LogP contribution < -0.4 is 5.32 Å². The molecule has 130 valence electrons. The minimum absolute atomic E-state index is 0. The maximum Gasteiger partial charge on any atom is 0.323 e. The largest absolute Gasteiger partial charge is 0.468 e. The number of benzene rings is 2. The number of rotatable bonds is 2. The normalized spacial score (nSPS) is 19.1. The molecule has 0 bridgehead atoms. The average Bonchev–Trinajstić information content (AvgIpc) is 2.99. The first-order chi connectivity index (χ1) is 11.7. The van der Waals surface area contributed by atoms with Gasteiger partial charge in [-0.2, -0.15) is 0 Å². The number of hydrogen-bond acceptors (Lipinski definition) is 3. The lowest BCUT2D eigenvalue weighted by molar-refractivity contribution is -0.143. The van der Waals surface area contributed by atoms with Crippen molar-refractivity contribution >= 4 is 40.9 Å². The number of nitrogens with one attached hydrogen (secondary N) is 2. The Morgan fingerprint density at radius 2 is 1.88 bits per heavy atom. The molecule has 0 fully saturated rings. The van der Waals surface area contributed by atoms with E-state index in [1.54, 1.807) is 0 Å². The zero-order valence-corrected chi connectivity index (χ0v) is 15.2. The van der Waals surface area contributed by atoms with E-state index >= 15 is 0 Å². The minimum Gasteiger partial charge on any atom is -0.468 e. The van der Waals surface area contributed by atoms with Gasteiger partial charge < -0.3 is 9.72 Å². The molecule has 25 heavy (non-hydrogen) atoms. The Morgan fingerprint density at radius 1 is 1.16 bits per heavy atom. The third-order valence-corrected chi connectivity index (χ3v) is 4.85. The quantitative estimate of drug-likeness (QED) is 0.664. The maximum atomic E-state index is 12.1. The lowest BCUT2D eigenvalue weighted by atomic mass is 9.90. The molecular formula is C19H18Cl2N2O2. The van der Waals surface area contributed by atoms with E-state index in [0.717, 1.165) is 22.2 Å². The molecule has 1 aromatic heterocycles. The molecule has 6 heteroatoms. The molecule has 1 aliphatic rings. The van der Waals surface area contributed by atoms with E-state index in [0.29, 0.717) is 11.4 Å². The number of esters is 1. The molecule has 0 amide bonds. The fourth-order valence-corrected chi connectivity index (χ4v) is 3.57. The second kappa shape index (κ2) is 7.08. The number of ether oxygens (including phenoxy) is 1. The van der Waals surface area contributed by atoms with Gasteiger partial charge in [0, 0.05) is 28.0 Å². The highest BCUT2D eigenvalue weighted by atomic mass is 35.5. The van der Waals surface area contributed by atoms with Crippen molar-refractivity contribution in [1.82, 2.24) is 10.3 Å². The van der Waals surface area contributed by atoms with E-state index in [2.05, 4.69) is 22.4 Å². The summed E-state index contributed by atoms with van der Waals surface area (Å²) in [5.41, 5.74) is 4.40. The van der Waals surface area contributed by atoms with Crippen LogP contribution in [0.2, 0.25) is 5.02 Å². The van der Waals surface area contributed by atoms with Crippen molar-refractivity contribution < 1.29 is 9.53 Å². The first-order valence-corrected chi connectivity index (χ1v) is 8.24. The molecule has 0 spiro atoms. The van der Waals surface area contributed by atoms with Crippen molar-refractivity contribution in [2.24, 2.45) is 0 Å². The van der Waals surface area contributed by atoms with E-state index < -0.39 is 0 Å². The number of para-hydroxylation sites is 1. The molecule has 0 saturated carbocycles. The summed E-state index contributed by atoms with van der Waals surface area (Å²) in [7, 11) is 1.42. The summed E-state index contributed by atoms with van der Waals surface area (Å²) >= 11 is 6.01. The van der Waals surface area contributed by atoms with Gasteiger partial charge in [-0.05, 0) is 29.3 Å². The first-order valence-electron chi connectivity index (χ1n) is 7.86. The molecule has 0 radical (unpaired) electrons. The molecule has 2 heterocycles. The predicted molar refractivity (Wildman–Crippen MR) is 101 cm³/mol. The number of halogens is 2. The monoisotopic (exact) mass is 376 g/mol. The van der Waals surface area contributed by atoms with Crippen LogP contribution >= 0.6 is 24.0 Å². The SMILES string of the molecule is COC(=O)C1Cc2c([nH]c3ccccc23)C(c2ccc(Cl)cc2)N1.Cl. The molecule has 4 nitrogen and oxygen atoms in total. The van der Waals surface area contributed by atoms with Gasteiger partial charge in [0.1, 0.15) is 6.04 Å². The number of aromatic nitrogens is 1. The molecule has 2 N–H and O–H groups in total. The highest BCUT2D eigenvalue weighted by Crippen LogP contribution is 2.35. The molecule has 3 aromatic rings. The third kappa shape index (κ3) is 3.13. The summed E-state index contributed by atoms with van der Waals surface area (Å²) in [6.45, 7) is 0. The molecule has 0 aliphatic carbocycles. The number of methoxy groups -OCH3 is 1. The summed E-state index contributed by atoms with van der Waals surface area (Å²) < 4.78 is 4.96. The number of carbonyl (C=O) groups is 1.